The van der Waals surface area contributed by atoms with Crippen molar-refractivity contribution in [1.82, 2.24) is 5.32 Å². The molecule has 1 saturated carbocycles. The fourth-order valence-electron chi connectivity index (χ4n) is 4.13. The van der Waals surface area contributed by atoms with Crippen molar-refractivity contribution < 1.29 is 9.53 Å². The predicted molar refractivity (Wildman–Crippen MR) is 102 cm³/mol. The van der Waals surface area contributed by atoms with Gasteiger partial charge in [0.2, 0.25) is 0 Å². The number of alkyl carbamates (subject to hydrolysis) is 1. The van der Waals surface area contributed by atoms with Crippen molar-refractivity contribution in [2.75, 3.05) is 18.0 Å². The SMILES string of the molecule is CC(C)(C)OC(=O)NCC1Cc2ccccc2N(C2CCCCC2)C1. The van der Waals surface area contributed by atoms with Gasteiger partial charge in [-0.3, -0.25) is 0 Å². The van der Waals surface area contributed by atoms with Crippen molar-refractivity contribution in [2.45, 2.75) is 70.9 Å². The van der Waals surface area contributed by atoms with Crippen LogP contribution in [0.25, 0.3) is 0 Å². The summed E-state index contributed by atoms with van der Waals surface area (Å²) in [6.45, 7) is 7.39. The lowest BCUT2D eigenvalue weighted by Gasteiger charge is -2.43. The summed E-state index contributed by atoms with van der Waals surface area (Å²) in [4.78, 5) is 14.6. The zero-order valence-electron chi connectivity index (χ0n) is 15.9. The second-order valence-corrected chi connectivity index (χ2v) is 8.53. The quantitative estimate of drug-likeness (QED) is 0.876. The predicted octanol–water partition coefficient (Wildman–Crippen LogP) is 4.52. The van der Waals surface area contributed by atoms with E-state index in [-0.39, 0.29) is 6.09 Å². The number of para-hydroxylation sites is 1. The Hall–Kier alpha value is -1.71. The number of benzene rings is 1. The zero-order chi connectivity index (χ0) is 17.9. The van der Waals surface area contributed by atoms with Crippen LogP contribution in [-0.2, 0) is 11.2 Å². The molecule has 0 radical (unpaired) electrons. The van der Waals surface area contributed by atoms with Crippen LogP contribution in [-0.4, -0.2) is 30.8 Å². The smallest absolute Gasteiger partial charge is 0.407 e. The summed E-state index contributed by atoms with van der Waals surface area (Å²) in [5, 5.41) is 2.98. The van der Waals surface area contributed by atoms with E-state index in [1.54, 1.807) is 0 Å². The number of rotatable bonds is 3. The average Bonchev–Trinajstić information content (AvgIpc) is 2.58. The summed E-state index contributed by atoms with van der Waals surface area (Å²) < 4.78 is 5.38. The number of hydrogen-bond donors (Lipinski definition) is 1. The van der Waals surface area contributed by atoms with Crippen LogP contribution in [0.5, 0.6) is 0 Å². The van der Waals surface area contributed by atoms with Crippen LogP contribution in [0.2, 0.25) is 0 Å². The van der Waals surface area contributed by atoms with E-state index in [1.807, 2.05) is 20.8 Å². The number of anilines is 1. The van der Waals surface area contributed by atoms with Crippen LogP contribution in [0, 0.1) is 5.92 Å². The molecule has 1 N–H and O–H groups in total. The number of nitrogens with zero attached hydrogens (tertiary/aromatic N) is 1. The first-order valence-electron chi connectivity index (χ1n) is 9.74. The highest BCUT2D eigenvalue weighted by Gasteiger charge is 2.30. The molecule has 138 valence electrons. The number of carbonyl (C=O) groups is 1. The topological polar surface area (TPSA) is 41.6 Å². The molecule has 0 saturated heterocycles. The van der Waals surface area contributed by atoms with E-state index in [1.165, 1.54) is 43.4 Å². The van der Waals surface area contributed by atoms with Crippen molar-refractivity contribution in [1.29, 1.82) is 0 Å². The van der Waals surface area contributed by atoms with Gasteiger partial charge in [-0.2, -0.15) is 0 Å². The fourth-order valence-corrected chi connectivity index (χ4v) is 4.13. The van der Waals surface area contributed by atoms with Crippen LogP contribution in [0.3, 0.4) is 0 Å². The van der Waals surface area contributed by atoms with Crippen LogP contribution >= 0.6 is 0 Å². The Morgan fingerprint density at radius 1 is 1.20 bits per heavy atom. The van der Waals surface area contributed by atoms with Crippen LogP contribution in [0.4, 0.5) is 10.5 Å². The molecule has 4 nitrogen and oxygen atoms in total. The molecule has 1 heterocycles. The molecule has 4 heteroatoms. The highest BCUT2D eigenvalue weighted by molar-refractivity contribution is 5.67. The Morgan fingerprint density at radius 3 is 2.64 bits per heavy atom. The molecule has 1 unspecified atom stereocenters. The molecule has 0 spiro atoms. The van der Waals surface area contributed by atoms with E-state index in [0.717, 1.165) is 13.0 Å². The lowest BCUT2D eigenvalue weighted by Crippen LogP contribution is -2.47. The van der Waals surface area contributed by atoms with E-state index in [9.17, 15) is 4.79 Å². The van der Waals surface area contributed by atoms with Gasteiger partial charge in [0.1, 0.15) is 5.60 Å². The standard InChI is InChI=1S/C21H32N2O2/c1-21(2,3)25-20(24)22-14-16-13-17-9-7-8-12-19(17)23(15-16)18-10-5-4-6-11-18/h7-9,12,16,18H,4-6,10-11,13-15H2,1-3H3,(H,22,24). The molecular weight excluding hydrogens is 312 g/mol. The lowest BCUT2D eigenvalue weighted by molar-refractivity contribution is 0.0519. The molecule has 1 atom stereocenters. The van der Waals surface area contributed by atoms with Gasteiger partial charge < -0.3 is 15.0 Å². The Morgan fingerprint density at radius 2 is 1.92 bits per heavy atom. The molecule has 1 fully saturated rings. The second kappa shape index (κ2) is 7.67. The minimum Gasteiger partial charge on any atom is -0.444 e. The number of fused-ring (bicyclic) bond motifs is 1. The van der Waals surface area contributed by atoms with E-state index in [4.69, 9.17) is 4.74 Å². The van der Waals surface area contributed by atoms with Gasteiger partial charge in [-0.15, -0.1) is 0 Å². The highest BCUT2D eigenvalue weighted by atomic mass is 16.6. The number of nitrogens with one attached hydrogen (secondary N) is 1. The average molecular weight is 344 g/mol. The number of amides is 1. The van der Waals surface area contributed by atoms with E-state index >= 15 is 0 Å². The third kappa shape index (κ3) is 4.90. The Bertz CT molecular complexity index is 588. The third-order valence-corrected chi connectivity index (χ3v) is 5.21. The van der Waals surface area contributed by atoms with Crippen molar-refractivity contribution in [3.8, 4) is 0 Å². The summed E-state index contributed by atoms with van der Waals surface area (Å²) >= 11 is 0. The van der Waals surface area contributed by atoms with Gasteiger partial charge >= 0.3 is 6.09 Å². The van der Waals surface area contributed by atoms with Crippen molar-refractivity contribution in [3.63, 3.8) is 0 Å². The van der Waals surface area contributed by atoms with Crippen molar-refractivity contribution in [2.24, 2.45) is 5.92 Å². The maximum absolute atomic E-state index is 12.0. The highest BCUT2D eigenvalue weighted by Crippen LogP contribution is 2.35. The first-order valence-corrected chi connectivity index (χ1v) is 9.74. The van der Waals surface area contributed by atoms with Gasteiger partial charge in [-0.05, 0) is 57.6 Å². The van der Waals surface area contributed by atoms with Gasteiger partial charge in [0.05, 0.1) is 0 Å². The number of ether oxygens (including phenoxy) is 1. The summed E-state index contributed by atoms with van der Waals surface area (Å²) in [6, 6.07) is 9.43. The van der Waals surface area contributed by atoms with Gasteiger partial charge in [0.25, 0.3) is 0 Å². The van der Waals surface area contributed by atoms with Crippen LogP contribution in [0.1, 0.15) is 58.4 Å². The minimum atomic E-state index is -0.447. The molecule has 3 rings (SSSR count). The van der Waals surface area contributed by atoms with Crippen LogP contribution in [0.15, 0.2) is 24.3 Å². The largest absolute Gasteiger partial charge is 0.444 e. The Kier molecular flexibility index (Phi) is 5.55. The molecule has 1 amide bonds. The molecule has 1 aliphatic carbocycles. The number of carbonyl (C=O) groups excluding carboxylic acids is 1. The second-order valence-electron chi connectivity index (χ2n) is 8.53. The van der Waals surface area contributed by atoms with Crippen molar-refractivity contribution in [3.05, 3.63) is 29.8 Å². The first kappa shape index (κ1) is 18.1. The molecule has 1 aromatic carbocycles. The Balaban J connectivity index is 1.65. The van der Waals surface area contributed by atoms with Crippen LogP contribution < -0.4 is 10.2 Å². The molecule has 0 aromatic heterocycles. The maximum Gasteiger partial charge on any atom is 0.407 e. The molecule has 1 aromatic rings. The minimum absolute atomic E-state index is 0.310. The van der Waals surface area contributed by atoms with Gasteiger partial charge in [0, 0.05) is 24.8 Å². The maximum atomic E-state index is 12.0. The van der Waals surface area contributed by atoms with Crippen molar-refractivity contribution >= 4 is 11.8 Å². The molecule has 25 heavy (non-hydrogen) atoms. The summed E-state index contributed by atoms with van der Waals surface area (Å²) in [5.74, 6) is 0.435. The van der Waals surface area contributed by atoms with E-state index < -0.39 is 5.60 Å². The Labute approximate surface area is 151 Å². The fraction of sp³-hybridized carbons (Fsp3) is 0.667. The van der Waals surface area contributed by atoms with Gasteiger partial charge in [-0.1, -0.05) is 37.5 Å². The summed E-state index contributed by atoms with van der Waals surface area (Å²) in [5.41, 5.74) is 2.37. The van der Waals surface area contributed by atoms with E-state index in [0.29, 0.717) is 18.5 Å². The summed E-state index contributed by atoms with van der Waals surface area (Å²) in [6.07, 6.45) is 7.34. The summed E-state index contributed by atoms with van der Waals surface area (Å²) in [7, 11) is 0. The molecular formula is C21H32N2O2. The van der Waals surface area contributed by atoms with E-state index in [2.05, 4.69) is 34.5 Å². The molecule has 0 bridgehead atoms. The third-order valence-electron chi connectivity index (χ3n) is 5.21. The zero-order valence-corrected chi connectivity index (χ0v) is 15.9. The lowest BCUT2D eigenvalue weighted by atomic mass is 9.87. The van der Waals surface area contributed by atoms with Gasteiger partial charge in [-0.25, -0.2) is 4.79 Å². The first-order chi connectivity index (χ1) is 11.9. The van der Waals surface area contributed by atoms with Gasteiger partial charge in [0.15, 0.2) is 0 Å². The number of hydrogen-bond acceptors (Lipinski definition) is 3. The molecule has 2 aliphatic rings. The molecule has 1 aliphatic heterocycles. The monoisotopic (exact) mass is 344 g/mol. The normalized spacial score (nSPS) is 21.6.